The van der Waals surface area contributed by atoms with Crippen LogP contribution in [-0.4, -0.2) is 10.9 Å². The van der Waals surface area contributed by atoms with Crippen LogP contribution in [0.25, 0.3) is 0 Å². The summed E-state index contributed by atoms with van der Waals surface area (Å²) in [7, 11) is 0. The molecule has 2 rings (SSSR count). The average Bonchev–Trinajstić information content (AvgIpc) is 2.81. The summed E-state index contributed by atoms with van der Waals surface area (Å²) in [6.07, 6.45) is 0. The second-order valence-electron chi connectivity index (χ2n) is 3.36. The van der Waals surface area contributed by atoms with Gasteiger partial charge in [0.25, 0.3) is 5.91 Å². The number of nitrogens with one attached hydrogen (secondary N) is 1. The summed E-state index contributed by atoms with van der Waals surface area (Å²) < 4.78 is 1.06. The van der Waals surface area contributed by atoms with Crippen molar-refractivity contribution in [1.29, 1.82) is 0 Å². The van der Waals surface area contributed by atoms with E-state index in [-0.39, 0.29) is 5.91 Å². The number of aromatic nitrogens is 1. The van der Waals surface area contributed by atoms with Crippen LogP contribution in [0.2, 0.25) is 0 Å². The summed E-state index contributed by atoms with van der Waals surface area (Å²) in [6, 6.07) is 3.94. The van der Waals surface area contributed by atoms with Crippen LogP contribution in [0, 0.1) is 6.92 Å². The Hall–Kier alpha value is -0.920. The van der Waals surface area contributed by atoms with Gasteiger partial charge in [0.2, 0.25) is 0 Å². The minimum Gasteiger partial charge on any atom is -0.375 e. The molecule has 0 aliphatic carbocycles. The first-order chi connectivity index (χ1) is 8.06. The van der Waals surface area contributed by atoms with Crippen molar-refractivity contribution >= 4 is 49.6 Å². The van der Waals surface area contributed by atoms with Gasteiger partial charge in [-0.15, -0.1) is 11.3 Å². The predicted molar refractivity (Wildman–Crippen MR) is 74.5 cm³/mol. The van der Waals surface area contributed by atoms with E-state index in [1.54, 1.807) is 18.3 Å². The molecule has 0 aromatic carbocycles. The first-order valence-corrected chi connectivity index (χ1v) is 7.24. The van der Waals surface area contributed by atoms with Gasteiger partial charge in [-0.25, -0.2) is 4.98 Å². The van der Waals surface area contributed by atoms with Crippen LogP contribution in [0.1, 0.15) is 20.2 Å². The number of hydrogen-bond acceptors (Lipinski definition) is 5. The first kappa shape index (κ1) is 12.5. The Bertz CT molecular complexity index is 549. The predicted octanol–water partition coefficient (Wildman–Crippen LogP) is 2.79. The molecule has 0 bridgehead atoms. The Morgan fingerprint density at radius 1 is 1.53 bits per heavy atom. The minimum absolute atomic E-state index is 0.124. The Kier molecular flexibility index (Phi) is 3.80. The van der Waals surface area contributed by atoms with Crippen molar-refractivity contribution in [3.8, 4) is 0 Å². The topological polar surface area (TPSA) is 68.0 Å². The number of rotatable bonds is 3. The van der Waals surface area contributed by atoms with E-state index < -0.39 is 0 Å². The number of carbonyl (C=O) groups excluding carboxylic acids is 1. The van der Waals surface area contributed by atoms with E-state index in [4.69, 9.17) is 5.73 Å². The molecule has 1 amide bonds. The highest BCUT2D eigenvalue weighted by atomic mass is 79.9. The van der Waals surface area contributed by atoms with Gasteiger partial charge in [-0.05, 0) is 35.0 Å². The first-order valence-electron chi connectivity index (χ1n) is 4.81. The molecule has 7 heteroatoms. The monoisotopic (exact) mass is 331 g/mol. The van der Waals surface area contributed by atoms with Gasteiger partial charge in [-0.3, -0.25) is 4.79 Å². The van der Waals surface area contributed by atoms with Crippen molar-refractivity contribution in [3.05, 3.63) is 31.4 Å². The lowest BCUT2D eigenvalue weighted by atomic mass is 10.3. The molecule has 0 saturated heterocycles. The molecule has 0 radical (unpaired) electrons. The normalized spacial score (nSPS) is 10.5. The summed E-state index contributed by atoms with van der Waals surface area (Å²) in [6.45, 7) is 2.30. The highest BCUT2D eigenvalue weighted by molar-refractivity contribution is 9.11. The highest BCUT2D eigenvalue weighted by Gasteiger charge is 2.13. The lowest BCUT2D eigenvalue weighted by Gasteiger charge is -2.01. The smallest absolute Gasteiger partial charge is 0.263 e. The zero-order valence-corrected chi connectivity index (χ0v) is 12.2. The lowest BCUT2D eigenvalue weighted by molar-refractivity contribution is 0.0954. The van der Waals surface area contributed by atoms with Crippen LogP contribution >= 0.6 is 38.6 Å². The van der Waals surface area contributed by atoms with Gasteiger partial charge in [0, 0.05) is 4.88 Å². The van der Waals surface area contributed by atoms with Crippen molar-refractivity contribution in [3.63, 3.8) is 0 Å². The number of halogens is 1. The number of amides is 1. The maximum atomic E-state index is 11.9. The molecule has 17 heavy (non-hydrogen) atoms. The molecule has 3 N–H and O–H groups in total. The van der Waals surface area contributed by atoms with E-state index in [9.17, 15) is 4.79 Å². The van der Waals surface area contributed by atoms with E-state index in [2.05, 4.69) is 26.2 Å². The number of nitrogens with two attached hydrogens (primary N) is 1. The van der Waals surface area contributed by atoms with Crippen molar-refractivity contribution in [2.24, 2.45) is 0 Å². The number of nitrogens with zero attached hydrogens (tertiary/aromatic N) is 1. The molecule has 4 nitrogen and oxygen atoms in total. The molecule has 0 fully saturated rings. The summed E-state index contributed by atoms with van der Waals surface area (Å²) in [4.78, 5) is 17.6. The third kappa shape index (κ3) is 3.05. The number of thiophene rings is 1. The van der Waals surface area contributed by atoms with Crippen molar-refractivity contribution in [2.75, 3.05) is 5.73 Å². The average molecular weight is 332 g/mol. The largest absolute Gasteiger partial charge is 0.375 e. The molecule has 0 aliphatic rings. The van der Waals surface area contributed by atoms with E-state index in [0.29, 0.717) is 22.2 Å². The van der Waals surface area contributed by atoms with Gasteiger partial charge in [-0.2, -0.15) is 0 Å². The maximum absolute atomic E-state index is 11.9. The third-order valence-corrected chi connectivity index (χ3v) is 4.68. The van der Waals surface area contributed by atoms with Gasteiger partial charge in [0.15, 0.2) is 5.13 Å². The Morgan fingerprint density at radius 3 is 2.82 bits per heavy atom. The zero-order valence-electron chi connectivity index (χ0n) is 8.99. The standard InChI is InChI=1S/C10H10BrN3OS2/c1-5-8(17-10(12)14-5)9(15)13-4-6-2-3-7(11)16-6/h2-3H,4H2,1H3,(H2,12,14)(H,13,15). The molecular formula is C10H10BrN3OS2. The van der Waals surface area contributed by atoms with Crippen LogP contribution in [0.3, 0.4) is 0 Å². The highest BCUT2D eigenvalue weighted by Crippen LogP contribution is 2.23. The second-order valence-corrected chi connectivity index (χ2v) is 6.93. The van der Waals surface area contributed by atoms with Crippen molar-refractivity contribution in [1.82, 2.24) is 10.3 Å². The van der Waals surface area contributed by atoms with Crippen LogP contribution < -0.4 is 11.1 Å². The summed E-state index contributed by atoms with van der Waals surface area (Å²) >= 11 is 6.19. The Labute approximate surface area is 115 Å². The number of anilines is 1. The van der Waals surface area contributed by atoms with Gasteiger partial charge in [-0.1, -0.05) is 11.3 Å². The molecule has 2 aromatic heterocycles. The summed E-state index contributed by atoms with van der Waals surface area (Å²) in [5.74, 6) is -0.124. The molecule has 0 saturated carbocycles. The van der Waals surface area contributed by atoms with Gasteiger partial charge >= 0.3 is 0 Å². The van der Waals surface area contributed by atoms with E-state index >= 15 is 0 Å². The Morgan fingerprint density at radius 2 is 2.29 bits per heavy atom. The molecule has 0 atom stereocenters. The number of hydrogen-bond donors (Lipinski definition) is 2. The van der Waals surface area contributed by atoms with Crippen LogP contribution in [0.15, 0.2) is 15.9 Å². The fourth-order valence-corrected chi connectivity index (χ4v) is 3.50. The van der Waals surface area contributed by atoms with Gasteiger partial charge in [0.05, 0.1) is 16.0 Å². The lowest BCUT2D eigenvalue weighted by Crippen LogP contribution is -2.22. The number of carbonyl (C=O) groups is 1. The third-order valence-electron chi connectivity index (χ3n) is 2.07. The molecule has 90 valence electrons. The van der Waals surface area contributed by atoms with Crippen LogP contribution in [0.4, 0.5) is 5.13 Å². The second kappa shape index (κ2) is 5.16. The fraction of sp³-hybridized carbons (Fsp3) is 0.200. The van der Waals surface area contributed by atoms with E-state index in [1.807, 2.05) is 12.1 Å². The van der Waals surface area contributed by atoms with Gasteiger partial charge < -0.3 is 11.1 Å². The zero-order chi connectivity index (χ0) is 12.4. The van der Waals surface area contributed by atoms with Crippen molar-refractivity contribution < 1.29 is 4.79 Å². The van der Waals surface area contributed by atoms with E-state index in [1.165, 1.54) is 11.3 Å². The number of thiazole rings is 1. The number of aryl methyl sites for hydroxylation is 1. The summed E-state index contributed by atoms with van der Waals surface area (Å²) in [5, 5.41) is 3.27. The Balaban J connectivity index is 2.00. The van der Waals surface area contributed by atoms with Gasteiger partial charge in [0.1, 0.15) is 4.88 Å². The molecule has 0 aliphatic heterocycles. The fourth-order valence-electron chi connectivity index (χ4n) is 1.32. The molecular weight excluding hydrogens is 322 g/mol. The molecule has 2 heterocycles. The van der Waals surface area contributed by atoms with Crippen LogP contribution in [0.5, 0.6) is 0 Å². The quantitative estimate of drug-likeness (QED) is 0.908. The molecule has 0 unspecified atom stereocenters. The van der Waals surface area contributed by atoms with E-state index in [0.717, 1.165) is 8.66 Å². The number of nitrogen functional groups attached to an aromatic ring is 1. The minimum atomic E-state index is -0.124. The molecule has 2 aromatic rings. The SMILES string of the molecule is Cc1nc(N)sc1C(=O)NCc1ccc(Br)s1. The van der Waals surface area contributed by atoms with Crippen LogP contribution in [-0.2, 0) is 6.54 Å². The molecule has 0 spiro atoms. The van der Waals surface area contributed by atoms with Crippen molar-refractivity contribution in [2.45, 2.75) is 13.5 Å². The maximum Gasteiger partial charge on any atom is 0.263 e. The summed E-state index contributed by atoms with van der Waals surface area (Å²) in [5.41, 5.74) is 6.23.